The molecule has 0 aliphatic carbocycles. The first-order chi connectivity index (χ1) is 10.1. The molecule has 6 heteroatoms. The van der Waals surface area contributed by atoms with Crippen LogP contribution in [0.4, 0.5) is 5.69 Å². The standard InChI is InChI=1S/C15H11N3O3/c1-2-21-13(19)9-18-12-6-4-3-5-11(12)14(15(18)20)10(7-16)8-17/h3-6H,2,9H2,1H3. The molecule has 0 bridgehead atoms. The molecule has 0 aromatic heterocycles. The van der Waals surface area contributed by atoms with Gasteiger partial charge < -0.3 is 4.74 Å². The molecule has 2 rings (SSSR count). The Morgan fingerprint density at radius 1 is 1.29 bits per heavy atom. The fourth-order valence-corrected chi connectivity index (χ4v) is 2.15. The molecule has 0 radical (unpaired) electrons. The number of ether oxygens (including phenoxy) is 1. The van der Waals surface area contributed by atoms with Crippen molar-refractivity contribution in [2.45, 2.75) is 6.92 Å². The van der Waals surface area contributed by atoms with Gasteiger partial charge in [-0.25, -0.2) is 0 Å². The van der Waals surface area contributed by atoms with Gasteiger partial charge in [-0.3, -0.25) is 14.5 Å². The van der Waals surface area contributed by atoms with Crippen LogP contribution in [0.15, 0.2) is 29.8 Å². The fraction of sp³-hybridized carbons (Fsp3) is 0.200. The van der Waals surface area contributed by atoms with Crippen LogP contribution in [0.3, 0.4) is 0 Å². The lowest BCUT2D eigenvalue weighted by Crippen LogP contribution is -2.33. The van der Waals surface area contributed by atoms with Crippen LogP contribution in [0.25, 0.3) is 5.57 Å². The lowest BCUT2D eigenvalue weighted by molar-refractivity contribution is -0.142. The molecule has 1 aliphatic rings. The molecule has 0 N–H and O–H groups in total. The van der Waals surface area contributed by atoms with Crippen LogP contribution in [0, 0.1) is 22.7 Å². The van der Waals surface area contributed by atoms with E-state index in [0.717, 1.165) is 0 Å². The minimum atomic E-state index is -0.544. The number of rotatable bonds is 3. The highest BCUT2D eigenvalue weighted by atomic mass is 16.5. The molecule has 1 amide bonds. The normalized spacial score (nSPS) is 12.4. The lowest BCUT2D eigenvalue weighted by atomic mass is 10.0. The van der Waals surface area contributed by atoms with Gasteiger partial charge in [0, 0.05) is 5.56 Å². The van der Waals surface area contributed by atoms with Crippen molar-refractivity contribution in [2.24, 2.45) is 0 Å². The highest BCUT2D eigenvalue weighted by molar-refractivity contribution is 6.34. The van der Waals surface area contributed by atoms with Gasteiger partial charge in [-0.15, -0.1) is 0 Å². The molecule has 0 unspecified atom stereocenters. The van der Waals surface area contributed by atoms with Gasteiger partial charge in [-0.1, -0.05) is 18.2 Å². The minimum absolute atomic E-state index is 0.0277. The maximum absolute atomic E-state index is 12.4. The second kappa shape index (κ2) is 5.89. The molecule has 1 aliphatic heterocycles. The van der Waals surface area contributed by atoms with Crippen LogP contribution < -0.4 is 4.90 Å². The van der Waals surface area contributed by atoms with E-state index in [1.807, 2.05) is 0 Å². The van der Waals surface area contributed by atoms with Gasteiger partial charge in [-0.05, 0) is 13.0 Å². The summed E-state index contributed by atoms with van der Waals surface area (Å²) in [4.78, 5) is 25.2. The number of carbonyl (C=O) groups is 2. The Morgan fingerprint density at radius 3 is 2.57 bits per heavy atom. The summed E-state index contributed by atoms with van der Waals surface area (Å²) in [7, 11) is 0. The molecule has 1 aromatic carbocycles. The monoisotopic (exact) mass is 281 g/mol. The van der Waals surface area contributed by atoms with Gasteiger partial charge in [0.1, 0.15) is 24.3 Å². The SMILES string of the molecule is CCOC(=O)CN1C(=O)C(=C(C#N)C#N)c2ccccc21. The number of carbonyl (C=O) groups excluding carboxylic acids is 2. The smallest absolute Gasteiger partial charge is 0.326 e. The van der Waals surface area contributed by atoms with Crippen molar-refractivity contribution in [2.75, 3.05) is 18.1 Å². The summed E-state index contributed by atoms with van der Waals surface area (Å²) in [6, 6.07) is 10.2. The molecule has 0 saturated heterocycles. The van der Waals surface area contributed by atoms with Crippen molar-refractivity contribution >= 4 is 23.1 Å². The molecular formula is C15H11N3O3. The van der Waals surface area contributed by atoms with Crippen LogP contribution in [0.2, 0.25) is 0 Å². The molecule has 0 spiro atoms. The maximum Gasteiger partial charge on any atom is 0.326 e. The molecule has 104 valence electrons. The van der Waals surface area contributed by atoms with Crippen molar-refractivity contribution in [1.29, 1.82) is 10.5 Å². The Hall–Kier alpha value is -3.12. The summed E-state index contributed by atoms with van der Waals surface area (Å²) < 4.78 is 4.84. The van der Waals surface area contributed by atoms with Crippen molar-refractivity contribution in [3.05, 3.63) is 35.4 Å². The van der Waals surface area contributed by atoms with E-state index in [9.17, 15) is 9.59 Å². The van der Waals surface area contributed by atoms with Crippen molar-refractivity contribution in [3.63, 3.8) is 0 Å². The van der Waals surface area contributed by atoms with E-state index < -0.39 is 11.9 Å². The van der Waals surface area contributed by atoms with Gasteiger partial charge in [0.05, 0.1) is 17.9 Å². The summed E-state index contributed by atoms with van der Waals surface area (Å²) in [5.41, 5.74) is 0.733. The van der Waals surface area contributed by atoms with Crippen molar-refractivity contribution < 1.29 is 14.3 Å². The first-order valence-corrected chi connectivity index (χ1v) is 6.25. The quantitative estimate of drug-likeness (QED) is 0.474. The predicted octanol–water partition coefficient (Wildman–Crippen LogP) is 1.40. The highest BCUT2D eigenvalue weighted by Crippen LogP contribution is 2.37. The minimum Gasteiger partial charge on any atom is -0.465 e. The third kappa shape index (κ3) is 2.47. The largest absolute Gasteiger partial charge is 0.465 e. The molecule has 0 fully saturated rings. The average molecular weight is 281 g/mol. The zero-order valence-corrected chi connectivity index (χ0v) is 11.3. The number of nitriles is 2. The number of hydrogen-bond acceptors (Lipinski definition) is 5. The molecule has 1 aromatic rings. The van der Waals surface area contributed by atoms with E-state index in [-0.39, 0.29) is 24.3 Å². The molecule has 6 nitrogen and oxygen atoms in total. The van der Waals surface area contributed by atoms with Gasteiger partial charge >= 0.3 is 5.97 Å². The number of hydrogen-bond donors (Lipinski definition) is 0. The first kappa shape index (κ1) is 14.3. The van der Waals surface area contributed by atoms with Crippen LogP contribution in [0.1, 0.15) is 12.5 Å². The third-order valence-corrected chi connectivity index (χ3v) is 2.99. The molecule has 1 heterocycles. The number of benzene rings is 1. The molecule has 21 heavy (non-hydrogen) atoms. The summed E-state index contributed by atoms with van der Waals surface area (Å²) in [6.45, 7) is 1.64. The number of nitrogens with zero attached hydrogens (tertiary/aromatic N) is 3. The second-order valence-corrected chi connectivity index (χ2v) is 4.19. The van der Waals surface area contributed by atoms with Crippen LogP contribution in [-0.2, 0) is 14.3 Å². The highest BCUT2D eigenvalue weighted by Gasteiger charge is 2.36. The second-order valence-electron chi connectivity index (χ2n) is 4.19. The van der Waals surface area contributed by atoms with E-state index in [1.165, 1.54) is 4.90 Å². The number of para-hydroxylation sites is 1. The zero-order chi connectivity index (χ0) is 15.4. The Kier molecular flexibility index (Phi) is 4.01. The van der Waals surface area contributed by atoms with Gasteiger partial charge in [0.25, 0.3) is 5.91 Å². The fourth-order valence-electron chi connectivity index (χ4n) is 2.15. The van der Waals surface area contributed by atoms with E-state index >= 15 is 0 Å². The topological polar surface area (TPSA) is 94.2 Å². The van der Waals surface area contributed by atoms with Crippen LogP contribution >= 0.6 is 0 Å². The predicted molar refractivity (Wildman–Crippen MR) is 73.6 cm³/mol. The summed E-state index contributed by atoms with van der Waals surface area (Å²) in [6.07, 6.45) is 0. The Morgan fingerprint density at radius 2 is 1.95 bits per heavy atom. The van der Waals surface area contributed by atoms with Crippen molar-refractivity contribution in [1.82, 2.24) is 0 Å². The average Bonchev–Trinajstić information content (AvgIpc) is 2.75. The molecular weight excluding hydrogens is 270 g/mol. The Balaban J connectivity index is 2.51. The zero-order valence-electron chi connectivity index (χ0n) is 11.3. The number of fused-ring (bicyclic) bond motifs is 1. The summed E-state index contributed by atoms with van der Waals surface area (Å²) in [5, 5.41) is 18.0. The van der Waals surface area contributed by atoms with Gasteiger partial charge in [-0.2, -0.15) is 10.5 Å². The maximum atomic E-state index is 12.4. The number of allylic oxidation sites excluding steroid dienone is 1. The van der Waals surface area contributed by atoms with Crippen molar-refractivity contribution in [3.8, 4) is 12.1 Å². The molecule has 0 saturated carbocycles. The Bertz CT molecular complexity index is 706. The Labute approximate surface area is 121 Å². The van der Waals surface area contributed by atoms with Gasteiger partial charge in [0.15, 0.2) is 0 Å². The third-order valence-electron chi connectivity index (χ3n) is 2.99. The van der Waals surface area contributed by atoms with Crippen LogP contribution in [0.5, 0.6) is 0 Å². The van der Waals surface area contributed by atoms with E-state index in [1.54, 1.807) is 43.3 Å². The molecule has 0 atom stereocenters. The number of anilines is 1. The van der Waals surface area contributed by atoms with E-state index in [4.69, 9.17) is 15.3 Å². The number of esters is 1. The van der Waals surface area contributed by atoms with E-state index in [0.29, 0.717) is 11.3 Å². The van der Waals surface area contributed by atoms with Gasteiger partial charge in [0.2, 0.25) is 0 Å². The first-order valence-electron chi connectivity index (χ1n) is 6.25. The summed E-state index contributed by atoms with van der Waals surface area (Å²) in [5.74, 6) is -1.08. The summed E-state index contributed by atoms with van der Waals surface area (Å²) >= 11 is 0. The van der Waals surface area contributed by atoms with E-state index in [2.05, 4.69) is 0 Å². The lowest BCUT2D eigenvalue weighted by Gasteiger charge is -2.15. The number of amides is 1. The van der Waals surface area contributed by atoms with Crippen LogP contribution in [-0.4, -0.2) is 25.0 Å².